The summed E-state index contributed by atoms with van der Waals surface area (Å²) >= 11 is 3.36. The van der Waals surface area contributed by atoms with Crippen LogP contribution in [0.1, 0.15) is 5.69 Å². The summed E-state index contributed by atoms with van der Waals surface area (Å²) in [7, 11) is 1.97. The van der Waals surface area contributed by atoms with Crippen LogP contribution in [0.2, 0.25) is 0 Å². The summed E-state index contributed by atoms with van der Waals surface area (Å²) in [4.78, 5) is 1.07. The molecule has 0 radical (unpaired) electrons. The Hall–Kier alpha value is 0.410. The van der Waals surface area contributed by atoms with Gasteiger partial charge in [-0.15, -0.1) is 23.5 Å². The molecule has 1 heterocycles. The zero-order valence-electron chi connectivity index (χ0n) is 11.9. The van der Waals surface area contributed by atoms with Crippen molar-refractivity contribution in [2.75, 3.05) is 6.26 Å². The minimum absolute atomic E-state index is 0. The van der Waals surface area contributed by atoms with Gasteiger partial charge < -0.3 is 5.11 Å². The van der Waals surface area contributed by atoms with Crippen LogP contribution in [0.15, 0.2) is 52.4 Å². The first kappa shape index (κ1) is 21.5. The fraction of sp³-hybridized carbons (Fsp3) is 0.188. The van der Waals surface area contributed by atoms with Crippen LogP contribution in [0.3, 0.4) is 0 Å². The molecule has 112 valence electrons. The number of nitrogens with zero attached hydrogens (tertiary/aromatic N) is 2. The van der Waals surface area contributed by atoms with Gasteiger partial charge in [-0.1, -0.05) is 24.3 Å². The standard InChI is InChI=1S/C16H16N2OS2.2Na.2H/c1-18-12(8-16(17-18)20-2)10-21-13-7-11-5-3-4-6-14(11)15(19)9-13;;;;/h3-9,19H,10H2,1-2H3;;;;. The number of aromatic nitrogens is 2. The summed E-state index contributed by atoms with van der Waals surface area (Å²) in [5.74, 6) is 1.17. The van der Waals surface area contributed by atoms with Crippen LogP contribution in [0.4, 0.5) is 0 Å². The first-order chi connectivity index (χ1) is 10.2. The molecule has 3 aromatic rings. The second-order valence-corrected chi connectivity index (χ2v) is 6.63. The van der Waals surface area contributed by atoms with Crippen molar-refractivity contribution >= 4 is 93.4 Å². The van der Waals surface area contributed by atoms with Crippen molar-refractivity contribution < 1.29 is 5.11 Å². The summed E-state index contributed by atoms with van der Waals surface area (Å²) in [6, 6.07) is 13.9. The van der Waals surface area contributed by atoms with Crippen LogP contribution in [-0.4, -0.2) is 80.3 Å². The van der Waals surface area contributed by atoms with Gasteiger partial charge in [0.25, 0.3) is 0 Å². The van der Waals surface area contributed by atoms with Crippen molar-refractivity contribution in [3.63, 3.8) is 0 Å². The van der Waals surface area contributed by atoms with Crippen LogP contribution < -0.4 is 0 Å². The van der Waals surface area contributed by atoms with E-state index in [1.54, 1.807) is 23.5 Å². The van der Waals surface area contributed by atoms with Gasteiger partial charge in [-0.05, 0) is 29.8 Å². The van der Waals surface area contributed by atoms with Crippen molar-refractivity contribution in [1.82, 2.24) is 9.78 Å². The third-order valence-electron chi connectivity index (χ3n) is 3.36. The number of aromatic hydroxyl groups is 1. The van der Waals surface area contributed by atoms with Crippen molar-refractivity contribution in [3.05, 3.63) is 48.2 Å². The normalized spacial score (nSPS) is 10.2. The summed E-state index contributed by atoms with van der Waals surface area (Å²) < 4.78 is 1.92. The van der Waals surface area contributed by atoms with Gasteiger partial charge in [-0.2, -0.15) is 5.10 Å². The molecule has 0 aliphatic carbocycles. The number of benzene rings is 2. The average Bonchev–Trinajstić information content (AvgIpc) is 2.86. The summed E-state index contributed by atoms with van der Waals surface area (Å²) in [6.07, 6.45) is 2.03. The molecule has 0 fully saturated rings. The van der Waals surface area contributed by atoms with Crippen LogP contribution >= 0.6 is 23.5 Å². The SMILES string of the molecule is CSc1cc(CSc2cc(O)c3ccccc3c2)n(C)n1.[NaH].[NaH]. The molecule has 0 saturated heterocycles. The Labute approximate surface area is 189 Å². The van der Waals surface area contributed by atoms with E-state index in [1.165, 1.54) is 5.69 Å². The van der Waals surface area contributed by atoms with E-state index in [-0.39, 0.29) is 59.1 Å². The number of hydrogen-bond acceptors (Lipinski definition) is 4. The van der Waals surface area contributed by atoms with Crippen molar-refractivity contribution in [2.24, 2.45) is 7.05 Å². The van der Waals surface area contributed by atoms with Gasteiger partial charge in [0.1, 0.15) is 10.8 Å². The summed E-state index contributed by atoms with van der Waals surface area (Å²) in [6.45, 7) is 0. The number of thioether (sulfide) groups is 2. The Morgan fingerprint density at radius 1 is 1.13 bits per heavy atom. The minimum atomic E-state index is 0. The molecule has 2 aromatic carbocycles. The molecule has 3 nitrogen and oxygen atoms in total. The van der Waals surface area contributed by atoms with Gasteiger partial charge in [0.2, 0.25) is 0 Å². The first-order valence-electron chi connectivity index (χ1n) is 6.59. The fourth-order valence-corrected chi connectivity index (χ4v) is 3.66. The molecule has 0 amide bonds. The molecule has 0 bridgehead atoms. The fourth-order valence-electron chi connectivity index (χ4n) is 2.22. The summed E-state index contributed by atoms with van der Waals surface area (Å²) in [5.41, 5.74) is 1.18. The number of fused-ring (bicyclic) bond motifs is 1. The topological polar surface area (TPSA) is 38.0 Å². The van der Waals surface area contributed by atoms with Crippen LogP contribution in [0.25, 0.3) is 10.8 Å². The molecule has 0 aliphatic rings. The monoisotopic (exact) mass is 364 g/mol. The van der Waals surface area contributed by atoms with Crippen LogP contribution in [0.5, 0.6) is 5.75 Å². The molecule has 0 atom stereocenters. The number of hydrogen-bond donors (Lipinski definition) is 1. The first-order valence-corrected chi connectivity index (χ1v) is 8.80. The number of rotatable bonds is 4. The maximum absolute atomic E-state index is 10.1. The molecule has 0 saturated carbocycles. The van der Waals surface area contributed by atoms with E-state index in [4.69, 9.17) is 0 Å². The van der Waals surface area contributed by atoms with Crippen molar-refractivity contribution in [2.45, 2.75) is 15.7 Å². The maximum atomic E-state index is 10.1. The second kappa shape index (κ2) is 9.78. The van der Waals surface area contributed by atoms with E-state index < -0.39 is 0 Å². The third-order valence-corrected chi connectivity index (χ3v) is 4.99. The third kappa shape index (κ3) is 5.19. The van der Waals surface area contributed by atoms with Crippen LogP contribution in [-0.2, 0) is 12.8 Å². The van der Waals surface area contributed by atoms with E-state index in [9.17, 15) is 5.11 Å². The van der Waals surface area contributed by atoms with E-state index in [2.05, 4.69) is 17.2 Å². The number of phenolic OH excluding ortho intramolecular Hbond substituents is 1. The zero-order chi connectivity index (χ0) is 14.8. The predicted molar refractivity (Wildman–Crippen MR) is 104 cm³/mol. The van der Waals surface area contributed by atoms with E-state index in [1.807, 2.05) is 48.3 Å². The molecular weight excluding hydrogens is 346 g/mol. The van der Waals surface area contributed by atoms with Crippen molar-refractivity contribution in [3.8, 4) is 5.75 Å². The number of phenols is 1. The molecule has 0 spiro atoms. The molecule has 1 N–H and O–H groups in total. The van der Waals surface area contributed by atoms with E-state index in [0.29, 0.717) is 5.75 Å². The van der Waals surface area contributed by atoms with Gasteiger partial charge >= 0.3 is 59.1 Å². The van der Waals surface area contributed by atoms with Gasteiger partial charge in [0.05, 0.1) is 0 Å². The van der Waals surface area contributed by atoms with Crippen LogP contribution in [0, 0.1) is 0 Å². The average molecular weight is 364 g/mol. The number of aryl methyl sites for hydroxylation is 1. The molecule has 7 heteroatoms. The van der Waals surface area contributed by atoms with Gasteiger partial charge in [0, 0.05) is 28.8 Å². The van der Waals surface area contributed by atoms with Gasteiger partial charge in [-0.25, -0.2) is 0 Å². The Balaban J connectivity index is 0.00000132. The Morgan fingerprint density at radius 2 is 1.87 bits per heavy atom. The zero-order valence-corrected chi connectivity index (χ0v) is 13.5. The summed E-state index contributed by atoms with van der Waals surface area (Å²) in [5, 5.41) is 17.5. The van der Waals surface area contributed by atoms with E-state index in [0.717, 1.165) is 26.4 Å². The van der Waals surface area contributed by atoms with Gasteiger partial charge in [0.15, 0.2) is 0 Å². The molecule has 23 heavy (non-hydrogen) atoms. The quantitative estimate of drug-likeness (QED) is 0.571. The molecular formula is C16H18N2Na2OS2. The van der Waals surface area contributed by atoms with E-state index >= 15 is 0 Å². The molecule has 1 aromatic heterocycles. The predicted octanol–water partition coefficient (Wildman–Crippen LogP) is 3.00. The Kier molecular flexibility index (Phi) is 9.12. The van der Waals surface area contributed by atoms with Crippen molar-refractivity contribution in [1.29, 1.82) is 0 Å². The molecule has 3 rings (SSSR count). The Bertz CT molecular complexity index is 793. The second-order valence-electron chi connectivity index (χ2n) is 4.75. The van der Waals surface area contributed by atoms with Gasteiger partial charge in [-0.3, -0.25) is 4.68 Å². The Morgan fingerprint density at radius 3 is 2.57 bits per heavy atom. The molecule has 0 unspecified atom stereocenters. The molecule has 0 aliphatic heterocycles.